The van der Waals surface area contributed by atoms with Gasteiger partial charge in [0.2, 0.25) is 0 Å². The first-order valence-corrected chi connectivity index (χ1v) is 5.38. The number of aliphatic hydroxyl groups excluding tert-OH is 1. The van der Waals surface area contributed by atoms with Crippen LogP contribution in [0.1, 0.15) is 28.3 Å². The van der Waals surface area contributed by atoms with Crippen LogP contribution in [0.5, 0.6) is 0 Å². The average molecular weight is 208 g/mol. The second-order valence-electron chi connectivity index (χ2n) is 3.09. The lowest BCUT2D eigenvalue weighted by Crippen LogP contribution is -1.94. The van der Waals surface area contributed by atoms with Gasteiger partial charge in [0.1, 0.15) is 6.10 Å². The molecule has 0 saturated heterocycles. The number of aryl methyl sites for hydroxylation is 1. The molecular weight excluding hydrogens is 196 g/mol. The number of thiophene rings is 1. The Balaban J connectivity index is 2.23. The van der Waals surface area contributed by atoms with E-state index >= 15 is 0 Å². The molecule has 4 heteroatoms. The van der Waals surface area contributed by atoms with Crippen molar-refractivity contribution in [1.82, 2.24) is 10.2 Å². The third-order valence-electron chi connectivity index (χ3n) is 2.14. The van der Waals surface area contributed by atoms with Crippen LogP contribution in [0.15, 0.2) is 24.5 Å². The monoisotopic (exact) mass is 208 g/mol. The summed E-state index contributed by atoms with van der Waals surface area (Å²) in [6.45, 7) is 2.11. The van der Waals surface area contributed by atoms with Gasteiger partial charge in [0.15, 0.2) is 0 Å². The second-order valence-corrected chi connectivity index (χ2v) is 4.29. The van der Waals surface area contributed by atoms with E-state index in [0.29, 0.717) is 0 Å². The highest BCUT2D eigenvalue weighted by Gasteiger charge is 2.13. The van der Waals surface area contributed by atoms with E-state index in [0.717, 1.165) is 16.9 Å². The maximum atomic E-state index is 9.94. The fraction of sp³-hybridized carbons (Fsp3) is 0.300. The van der Waals surface area contributed by atoms with Crippen LogP contribution in [0.2, 0.25) is 0 Å². The lowest BCUT2D eigenvalue weighted by molar-refractivity contribution is 0.224. The molecule has 0 aromatic carbocycles. The summed E-state index contributed by atoms with van der Waals surface area (Å²) >= 11 is 1.65. The fourth-order valence-electron chi connectivity index (χ4n) is 1.31. The molecule has 0 aliphatic heterocycles. The lowest BCUT2D eigenvalue weighted by atomic mass is 10.2. The molecule has 0 bridgehead atoms. The van der Waals surface area contributed by atoms with Crippen LogP contribution < -0.4 is 0 Å². The minimum atomic E-state index is -0.543. The smallest absolute Gasteiger partial charge is 0.116 e. The van der Waals surface area contributed by atoms with Gasteiger partial charge in [0.05, 0.1) is 6.20 Å². The van der Waals surface area contributed by atoms with E-state index in [9.17, 15) is 5.11 Å². The maximum absolute atomic E-state index is 9.94. The van der Waals surface area contributed by atoms with Crippen molar-refractivity contribution in [2.75, 3.05) is 0 Å². The largest absolute Gasteiger partial charge is 0.383 e. The Hall–Kier alpha value is -1.13. The average Bonchev–Trinajstić information content (AvgIpc) is 2.88. The minimum absolute atomic E-state index is 0.543. The molecule has 2 heterocycles. The van der Waals surface area contributed by atoms with Crippen molar-refractivity contribution in [3.8, 4) is 0 Å². The van der Waals surface area contributed by atoms with Crippen molar-refractivity contribution < 1.29 is 5.11 Å². The number of nitrogens with zero attached hydrogens (tertiary/aromatic N) is 1. The summed E-state index contributed by atoms with van der Waals surface area (Å²) in [5.41, 5.74) is 0.814. The summed E-state index contributed by atoms with van der Waals surface area (Å²) < 4.78 is 0. The van der Waals surface area contributed by atoms with E-state index in [2.05, 4.69) is 23.2 Å². The lowest BCUT2D eigenvalue weighted by Gasteiger charge is -2.03. The van der Waals surface area contributed by atoms with Crippen LogP contribution in [-0.2, 0) is 6.42 Å². The normalized spacial score (nSPS) is 13.0. The van der Waals surface area contributed by atoms with Crippen molar-refractivity contribution in [1.29, 1.82) is 0 Å². The molecule has 3 nitrogen and oxygen atoms in total. The molecule has 74 valence electrons. The zero-order valence-electron chi connectivity index (χ0n) is 7.90. The fourth-order valence-corrected chi connectivity index (χ4v) is 2.27. The molecule has 0 amide bonds. The number of aromatic amines is 1. The van der Waals surface area contributed by atoms with Gasteiger partial charge in [0, 0.05) is 21.5 Å². The molecule has 0 saturated carbocycles. The van der Waals surface area contributed by atoms with E-state index in [1.165, 1.54) is 4.88 Å². The topological polar surface area (TPSA) is 48.9 Å². The van der Waals surface area contributed by atoms with Crippen LogP contribution in [0, 0.1) is 0 Å². The Bertz CT molecular complexity index is 394. The van der Waals surface area contributed by atoms with Crippen LogP contribution >= 0.6 is 11.3 Å². The minimum Gasteiger partial charge on any atom is -0.383 e. The van der Waals surface area contributed by atoms with Crippen LogP contribution in [0.3, 0.4) is 0 Å². The molecule has 14 heavy (non-hydrogen) atoms. The highest BCUT2D eigenvalue weighted by Crippen LogP contribution is 2.27. The Morgan fingerprint density at radius 2 is 2.43 bits per heavy atom. The molecule has 1 unspecified atom stereocenters. The molecule has 2 aromatic rings. The number of hydrogen-bond donors (Lipinski definition) is 2. The molecule has 0 aliphatic rings. The van der Waals surface area contributed by atoms with Gasteiger partial charge in [-0.05, 0) is 18.6 Å². The molecule has 0 aliphatic carbocycles. The highest BCUT2D eigenvalue weighted by molar-refractivity contribution is 7.12. The number of H-pyrrole nitrogens is 1. The van der Waals surface area contributed by atoms with Gasteiger partial charge in [-0.1, -0.05) is 6.92 Å². The van der Waals surface area contributed by atoms with Crippen molar-refractivity contribution in [3.05, 3.63) is 39.8 Å². The van der Waals surface area contributed by atoms with Crippen molar-refractivity contribution in [3.63, 3.8) is 0 Å². The summed E-state index contributed by atoms with van der Waals surface area (Å²) in [7, 11) is 0. The molecule has 0 fully saturated rings. The van der Waals surface area contributed by atoms with Gasteiger partial charge in [-0.25, -0.2) is 0 Å². The van der Waals surface area contributed by atoms with Crippen LogP contribution in [-0.4, -0.2) is 15.3 Å². The molecule has 2 N–H and O–H groups in total. The Morgan fingerprint density at radius 1 is 1.57 bits per heavy atom. The third-order valence-corrected chi connectivity index (χ3v) is 3.42. The predicted molar refractivity (Wildman–Crippen MR) is 56.3 cm³/mol. The molecule has 0 radical (unpaired) electrons. The molecule has 1 atom stereocenters. The van der Waals surface area contributed by atoms with E-state index < -0.39 is 6.10 Å². The summed E-state index contributed by atoms with van der Waals surface area (Å²) in [4.78, 5) is 2.27. The summed E-state index contributed by atoms with van der Waals surface area (Å²) in [6.07, 6.45) is 3.84. The molecule has 2 aromatic heterocycles. The third kappa shape index (κ3) is 1.71. The number of rotatable bonds is 3. The Kier molecular flexibility index (Phi) is 2.65. The van der Waals surface area contributed by atoms with Crippen molar-refractivity contribution in [2.24, 2.45) is 0 Å². The number of hydrogen-bond acceptors (Lipinski definition) is 3. The molecule has 2 rings (SSSR count). The SMILES string of the molecule is CCc1ccc(C(O)c2cn[nH]c2)s1. The van der Waals surface area contributed by atoms with Crippen molar-refractivity contribution >= 4 is 11.3 Å². The van der Waals surface area contributed by atoms with Crippen LogP contribution in [0.4, 0.5) is 0 Å². The van der Waals surface area contributed by atoms with Gasteiger partial charge < -0.3 is 5.11 Å². The van der Waals surface area contributed by atoms with Gasteiger partial charge in [-0.15, -0.1) is 11.3 Å². The quantitative estimate of drug-likeness (QED) is 0.811. The number of aromatic nitrogens is 2. The number of nitrogens with one attached hydrogen (secondary N) is 1. The Morgan fingerprint density at radius 3 is 3.00 bits per heavy atom. The van der Waals surface area contributed by atoms with E-state index in [-0.39, 0.29) is 0 Å². The standard InChI is InChI=1S/C10H12N2OS/c1-2-8-3-4-9(14-8)10(13)7-5-11-12-6-7/h3-6,10,13H,2H2,1H3,(H,11,12). The zero-order chi connectivity index (χ0) is 9.97. The van der Waals surface area contributed by atoms with Gasteiger partial charge in [-0.3, -0.25) is 5.10 Å². The van der Waals surface area contributed by atoms with Crippen molar-refractivity contribution in [2.45, 2.75) is 19.4 Å². The summed E-state index contributed by atoms with van der Waals surface area (Å²) in [6, 6.07) is 4.03. The van der Waals surface area contributed by atoms with E-state index in [1.807, 2.05) is 6.07 Å². The van der Waals surface area contributed by atoms with Gasteiger partial charge >= 0.3 is 0 Å². The molecule has 0 spiro atoms. The van der Waals surface area contributed by atoms with E-state index in [1.54, 1.807) is 23.7 Å². The molecular formula is C10H12N2OS. The number of aliphatic hydroxyl groups is 1. The Labute approximate surface area is 86.4 Å². The summed E-state index contributed by atoms with van der Waals surface area (Å²) in [5.74, 6) is 0. The second kappa shape index (κ2) is 3.94. The van der Waals surface area contributed by atoms with E-state index in [4.69, 9.17) is 0 Å². The van der Waals surface area contributed by atoms with Crippen LogP contribution in [0.25, 0.3) is 0 Å². The maximum Gasteiger partial charge on any atom is 0.116 e. The predicted octanol–water partition coefficient (Wildman–Crippen LogP) is 2.12. The van der Waals surface area contributed by atoms with Gasteiger partial charge in [-0.2, -0.15) is 5.10 Å². The summed E-state index contributed by atoms with van der Waals surface area (Å²) in [5, 5.41) is 16.5. The first-order valence-electron chi connectivity index (χ1n) is 4.56. The first-order chi connectivity index (χ1) is 6.81. The highest BCUT2D eigenvalue weighted by atomic mass is 32.1. The first kappa shape index (κ1) is 9.43. The zero-order valence-corrected chi connectivity index (χ0v) is 8.71. The van der Waals surface area contributed by atoms with Gasteiger partial charge in [0.25, 0.3) is 0 Å².